The Kier molecular flexibility index (Phi) is 7.40. The van der Waals surface area contributed by atoms with Gasteiger partial charge in [-0.25, -0.2) is 12.8 Å². The fourth-order valence-corrected chi connectivity index (χ4v) is 4.12. The van der Waals surface area contributed by atoms with Crippen molar-refractivity contribution in [1.29, 1.82) is 0 Å². The lowest BCUT2D eigenvalue weighted by Gasteiger charge is -2.30. The first-order valence-electron chi connectivity index (χ1n) is 8.75. The molecule has 1 aliphatic heterocycles. The third-order valence-electron chi connectivity index (χ3n) is 4.60. The Morgan fingerprint density at radius 2 is 1.89 bits per heavy atom. The van der Waals surface area contributed by atoms with Crippen molar-refractivity contribution in [3.8, 4) is 0 Å². The predicted octanol–water partition coefficient (Wildman–Crippen LogP) is 2.78. The second-order valence-corrected chi connectivity index (χ2v) is 8.37. The van der Waals surface area contributed by atoms with Gasteiger partial charge in [-0.2, -0.15) is 0 Å². The van der Waals surface area contributed by atoms with Gasteiger partial charge in [0.1, 0.15) is 5.82 Å². The molecule has 1 saturated heterocycles. The van der Waals surface area contributed by atoms with Gasteiger partial charge in [0.2, 0.25) is 0 Å². The molecule has 0 spiro atoms. The molecule has 0 bridgehead atoms. The zero-order valence-electron chi connectivity index (χ0n) is 15.3. The van der Waals surface area contributed by atoms with E-state index in [1.54, 1.807) is 6.07 Å². The van der Waals surface area contributed by atoms with E-state index in [4.69, 9.17) is 0 Å². The first-order valence-corrected chi connectivity index (χ1v) is 10.2. The highest BCUT2D eigenvalue weighted by Gasteiger charge is 2.24. The summed E-state index contributed by atoms with van der Waals surface area (Å²) in [5, 5.41) is 6.25. The molecule has 2 aromatic rings. The van der Waals surface area contributed by atoms with Crippen LogP contribution in [0.2, 0.25) is 0 Å². The van der Waals surface area contributed by atoms with Gasteiger partial charge in [0.15, 0.2) is 0 Å². The fraction of sp³-hybridized carbons (Fsp3) is 0.316. The van der Waals surface area contributed by atoms with Crippen molar-refractivity contribution in [1.82, 2.24) is 10.6 Å². The number of piperidine rings is 1. The van der Waals surface area contributed by atoms with Crippen molar-refractivity contribution >= 4 is 34.0 Å². The van der Waals surface area contributed by atoms with E-state index in [1.165, 1.54) is 42.5 Å². The lowest BCUT2D eigenvalue weighted by atomic mass is 9.95. The van der Waals surface area contributed by atoms with Crippen LogP contribution >= 0.6 is 12.4 Å². The molecule has 28 heavy (non-hydrogen) atoms. The molecule has 0 radical (unpaired) electrons. The molecular formula is C19H23ClFN3O3S. The van der Waals surface area contributed by atoms with E-state index in [0.717, 1.165) is 19.5 Å². The van der Waals surface area contributed by atoms with Gasteiger partial charge in [0, 0.05) is 17.3 Å². The molecule has 2 aromatic carbocycles. The minimum Gasteiger partial charge on any atom is -0.349 e. The molecular weight excluding hydrogens is 405 g/mol. The predicted molar refractivity (Wildman–Crippen MR) is 109 cm³/mol. The molecule has 152 valence electrons. The quantitative estimate of drug-likeness (QED) is 0.684. The Morgan fingerprint density at radius 3 is 2.57 bits per heavy atom. The van der Waals surface area contributed by atoms with Gasteiger partial charge in [0.25, 0.3) is 15.9 Å². The maximum absolute atomic E-state index is 13.0. The SMILES string of the molecule is CC1CNCCC1NC(=O)c1cccc(S(=O)(=O)Nc2ccc(F)cc2)c1.Cl. The number of amides is 1. The number of hydrogen-bond donors (Lipinski definition) is 3. The molecule has 1 heterocycles. The van der Waals surface area contributed by atoms with Gasteiger partial charge in [0.05, 0.1) is 4.90 Å². The average molecular weight is 428 g/mol. The summed E-state index contributed by atoms with van der Waals surface area (Å²) in [5.74, 6) is -0.453. The third kappa shape index (κ3) is 5.43. The smallest absolute Gasteiger partial charge is 0.261 e. The molecule has 0 aliphatic carbocycles. The normalized spacial score (nSPS) is 19.4. The largest absolute Gasteiger partial charge is 0.349 e. The zero-order chi connectivity index (χ0) is 19.4. The molecule has 9 heteroatoms. The summed E-state index contributed by atoms with van der Waals surface area (Å²) in [4.78, 5) is 12.5. The summed E-state index contributed by atoms with van der Waals surface area (Å²) in [5.41, 5.74) is 0.525. The first kappa shape index (κ1) is 22.1. The van der Waals surface area contributed by atoms with Gasteiger partial charge in [-0.1, -0.05) is 13.0 Å². The van der Waals surface area contributed by atoms with E-state index >= 15 is 0 Å². The monoisotopic (exact) mass is 427 g/mol. The van der Waals surface area contributed by atoms with Crippen LogP contribution in [0.1, 0.15) is 23.7 Å². The summed E-state index contributed by atoms with van der Waals surface area (Å²) in [6.07, 6.45) is 0.830. The Morgan fingerprint density at radius 1 is 1.18 bits per heavy atom. The number of benzene rings is 2. The van der Waals surface area contributed by atoms with E-state index in [2.05, 4.69) is 22.3 Å². The van der Waals surface area contributed by atoms with Crippen LogP contribution in [-0.2, 0) is 10.0 Å². The number of nitrogens with one attached hydrogen (secondary N) is 3. The van der Waals surface area contributed by atoms with E-state index in [9.17, 15) is 17.6 Å². The van der Waals surface area contributed by atoms with Gasteiger partial charge >= 0.3 is 0 Å². The van der Waals surface area contributed by atoms with Gasteiger partial charge in [-0.15, -0.1) is 12.4 Å². The van der Waals surface area contributed by atoms with Crippen molar-refractivity contribution in [2.24, 2.45) is 5.92 Å². The number of sulfonamides is 1. The Balaban J connectivity index is 0.00000280. The molecule has 3 N–H and O–H groups in total. The van der Waals surface area contributed by atoms with Gasteiger partial charge in [-0.05, 0) is 67.9 Å². The Bertz CT molecular complexity index is 922. The number of carbonyl (C=O) groups is 1. The highest BCUT2D eigenvalue weighted by atomic mass is 35.5. The number of halogens is 2. The molecule has 1 fully saturated rings. The van der Waals surface area contributed by atoms with Crippen molar-refractivity contribution in [3.05, 3.63) is 59.9 Å². The summed E-state index contributed by atoms with van der Waals surface area (Å²) >= 11 is 0. The van der Waals surface area contributed by atoms with Crippen LogP contribution in [0.25, 0.3) is 0 Å². The van der Waals surface area contributed by atoms with Crippen molar-refractivity contribution in [2.75, 3.05) is 17.8 Å². The molecule has 3 rings (SSSR count). The zero-order valence-corrected chi connectivity index (χ0v) is 16.9. The topological polar surface area (TPSA) is 87.3 Å². The fourth-order valence-electron chi connectivity index (χ4n) is 3.02. The number of hydrogen-bond acceptors (Lipinski definition) is 4. The second-order valence-electron chi connectivity index (χ2n) is 6.69. The molecule has 6 nitrogen and oxygen atoms in total. The second kappa shape index (κ2) is 9.36. The molecule has 1 amide bonds. The van der Waals surface area contributed by atoms with E-state index in [1.807, 2.05) is 0 Å². The number of anilines is 1. The highest BCUT2D eigenvalue weighted by Crippen LogP contribution is 2.18. The van der Waals surface area contributed by atoms with Crippen molar-refractivity contribution in [3.63, 3.8) is 0 Å². The van der Waals surface area contributed by atoms with E-state index in [0.29, 0.717) is 5.92 Å². The minimum atomic E-state index is -3.89. The van der Waals surface area contributed by atoms with Crippen LogP contribution in [0, 0.1) is 11.7 Å². The average Bonchev–Trinajstić information content (AvgIpc) is 2.65. The van der Waals surface area contributed by atoms with Gasteiger partial charge in [-0.3, -0.25) is 9.52 Å². The first-order chi connectivity index (χ1) is 12.8. The molecule has 0 saturated carbocycles. The van der Waals surface area contributed by atoms with Gasteiger partial charge < -0.3 is 10.6 Å². The van der Waals surface area contributed by atoms with Crippen LogP contribution in [-0.4, -0.2) is 33.5 Å². The van der Waals surface area contributed by atoms with Crippen LogP contribution in [0.5, 0.6) is 0 Å². The molecule has 1 aliphatic rings. The highest BCUT2D eigenvalue weighted by molar-refractivity contribution is 7.92. The summed E-state index contributed by atoms with van der Waals surface area (Å²) in [6.45, 7) is 3.73. The lowest BCUT2D eigenvalue weighted by molar-refractivity contribution is 0.0914. The van der Waals surface area contributed by atoms with Crippen LogP contribution in [0.3, 0.4) is 0 Å². The standard InChI is InChI=1S/C19H22FN3O3S.ClH/c1-13-12-21-10-9-18(13)22-19(24)14-3-2-4-17(11-14)27(25,26)23-16-7-5-15(20)6-8-16;/h2-8,11,13,18,21,23H,9-10,12H2,1H3,(H,22,24);1H. The van der Waals surface area contributed by atoms with Crippen molar-refractivity contribution < 1.29 is 17.6 Å². The van der Waals surface area contributed by atoms with Crippen LogP contribution < -0.4 is 15.4 Å². The summed E-state index contributed by atoms with van der Waals surface area (Å²) < 4.78 is 40.5. The summed E-state index contributed by atoms with van der Waals surface area (Å²) in [6, 6.07) is 10.9. The number of rotatable bonds is 5. The number of carbonyl (C=O) groups excluding carboxylic acids is 1. The Labute approximate surface area is 170 Å². The summed E-state index contributed by atoms with van der Waals surface area (Å²) in [7, 11) is -3.89. The lowest BCUT2D eigenvalue weighted by Crippen LogP contribution is -2.48. The van der Waals surface area contributed by atoms with E-state index in [-0.39, 0.29) is 40.5 Å². The van der Waals surface area contributed by atoms with E-state index < -0.39 is 15.8 Å². The van der Waals surface area contributed by atoms with Crippen molar-refractivity contribution in [2.45, 2.75) is 24.3 Å². The van der Waals surface area contributed by atoms with Crippen LogP contribution in [0.4, 0.5) is 10.1 Å². The third-order valence-corrected chi connectivity index (χ3v) is 5.98. The maximum Gasteiger partial charge on any atom is 0.261 e. The molecule has 2 unspecified atom stereocenters. The minimum absolute atomic E-state index is 0. The maximum atomic E-state index is 13.0. The molecule has 2 atom stereocenters. The molecule has 0 aromatic heterocycles. The van der Waals surface area contributed by atoms with Crippen LogP contribution in [0.15, 0.2) is 53.4 Å². The Hall–Kier alpha value is -2.16.